The first-order chi connectivity index (χ1) is 10.6. The second-order valence-electron chi connectivity index (χ2n) is 5.74. The molecule has 0 spiro atoms. The minimum Gasteiger partial charge on any atom is -0.466 e. The summed E-state index contributed by atoms with van der Waals surface area (Å²) in [6, 6.07) is 7.75. The number of carbonyl (C=O) groups is 2. The number of primary amides is 1. The molecule has 0 bridgehead atoms. The highest BCUT2D eigenvalue weighted by molar-refractivity contribution is 5.92. The molecule has 1 aliphatic rings. The Balaban J connectivity index is 1.74. The Hall–Kier alpha value is -1.88. The molecule has 1 saturated carbocycles. The summed E-state index contributed by atoms with van der Waals surface area (Å²) >= 11 is 0. The Morgan fingerprint density at radius 3 is 2.36 bits per heavy atom. The first-order valence-corrected chi connectivity index (χ1v) is 7.89. The van der Waals surface area contributed by atoms with Crippen molar-refractivity contribution < 1.29 is 14.3 Å². The lowest BCUT2D eigenvalue weighted by Gasteiger charge is -2.28. The van der Waals surface area contributed by atoms with Gasteiger partial charge in [-0.15, -0.1) is 0 Å². The van der Waals surface area contributed by atoms with Crippen LogP contribution < -0.4 is 11.1 Å². The Kier molecular flexibility index (Phi) is 5.95. The first-order valence-electron chi connectivity index (χ1n) is 7.89. The summed E-state index contributed by atoms with van der Waals surface area (Å²) in [4.78, 5) is 22.7. The van der Waals surface area contributed by atoms with Crippen LogP contribution in [0.1, 0.15) is 48.5 Å². The Morgan fingerprint density at radius 2 is 1.82 bits per heavy atom. The summed E-state index contributed by atoms with van der Waals surface area (Å²) in [5, 5.41) is 3.51. The predicted octanol–water partition coefficient (Wildman–Crippen LogP) is 2.00. The van der Waals surface area contributed by atoms with Crippen LogP contribution in [0.4, 0.5) is 0 Å². The van der Waals surface area contributed by atoms with Crippen molar-refractivity contribution in [3.8, 4) is 0 Å². The van der Waals surface area contributed by atoms with Gasteiger partial charge in [-0.1, -0.05) is 12.1 Å². The molecule has 5 nitrogen and oxygen atoms in total. The molecular weight excluding hydrogens is 280 g/mol. The van der Waals surface area contributed by atoms with E-state index in [1.54, 1.807) is 12.1 Å². The molecule has 5 heteroatoms. The van der Waals surface area contributed by atoms with Crippen molar-refractivity contribution in [2.75, 3.05) is 6.61 Å². The maximum atomic E-state index is 11.7. The lowest BCUT2D eigenvalue weighted by Crippen LogP contribution is -2.35. The van der Waals surface area contributed by atoms with Crippen LogP contribution in [0.2, 0.25) is 0 Å². The smallest absolute Gasteiger partial charge is 0.308 e. The minimum absolute atomic E-state index is 0.0528. The van der Waals surface area contributed by atoms with Crippen molar-refractivity contribution in [1.82, 2.24) is 5.32 Å². The van der Waals surface area contributed by atoms with Crippen LogP contribution in [0.3, 0.4) is 0 Å². The van der Waals surface area contributed by atoms with E-state index in [-0.39, 0.29) is 11.9 Å². The van der Waals surface area contributed by atoms with E-state index in [9.17, 15) is 9.59 Å². The zero-order chi connectivity index (χ0) is 15.9. The number of hydrogen-bond donors (Lipinski definition) is 2. The fourth-order valence-corrected chi connectivity index (χ4v) is 2.84. The van der Waals surface area contributed by atoms with Crippen LogP contribution in [0.5, 0.6) is 0 Å². The van der Waals surface area contributed by atoms with Crippen molar-refractivity contribution in [2.45, 2.75) is 45.2 Å². The molecule has 3 N–H and O–H groups in total. The van der Waals surface area contributed by atoms with Crippen molar-refractivity contribution in [3.63, 3.8) is 0 Å². The van der Waals surface area contributed by atoms with Gasteiger partial charge in [-0.05, 0) is 50.3 Å². The molecule has 1 fully saturated rings. The van der Waals surface area contributed by atoms with Crippen LogP contribution in [-0.4, -0.2) is 24.5 Å². The van der Waals surface area contributed by atoms with Gasteiger partial charge in [0.15, 0.2) is 0 Å². The van der Waals surface area contributed by atoms with Crippen molar-refractivity contribution in [1.29, 1.82) is 0 Å². The van der Waals surface area contributed by atoms with E-state index in [0.29, 0.717) is 18.2 Å². The molecule has 1 amide bonds. The summed E-state index contributed by atoms with van der Waals surface area (Å²) in [5.74, 6) is -0.396. The Morgan fingerprint density at radius 1 is 1.18 bits per heavy atom. The molecule has 0 radical (unpaired) electrons. The summed E-state index contributed by atoms with van der Waals surface area (Å²) in [6.07, 6.45) is 3.75. The van der Waals surface area contributed by atoms with E-state index in [1.807, 2.05) is 19.1 Å². The number of hydrogen-bond acceptors (Lipinski definition) is 4. The lowest BCUT2D eigenvalue weighted by molar-refractivity contribution is -0.149. The number of nitrogens with one attached hydrogen (secondary N) is 1. The number of benzene rings is 1. The van der Waals surface area contributed by atoms with Crippen molar-refractivity contribution >= 4 is 11.9 Å². The second kappa shape index (κ2) is 7.94. The lowest BCUT2D eigenvalue weighted by atomic mass is 9.86. The van der Waals surface area contributed by atoms with Gasteiger partial charge in [0, 0.05) is 18.2 Å². The van der Waals surface area contributed by atoms with E-state index in [4.69, 9.17) is 10.5 Å². The van der Waals surface area contributed by atoms with Gasteiger partial charge in [0.25, 0.3) is 0 Å². The van der Waals surface area contributed by atoms with E-state index < -0.39 is 5.91 Å². The monoisotopic (exact) mass is 304 g/mol. The second-order valence-corrected chi connectivity index (χ2v) is 5.74. The molecule has 120 valence electrons. The third-order valence-corrected chi connectivity index (χ3v) is 4.18. The number of nitrogens with two attached hydrogens (primary N) is 1. The summed E-state index contributed by atoms with van der Waals surface area (Å²) in [6.45, 7) is 3.06. The highest BCUT2D eigenvalue weighted by atomic mass is 16.5. The fraction of sp³-hybridized carbons (Fsp3) is 0.529. The van der Waals surface area contributed by atoms with Gasteiger partial charge < -0.3 is 15.8 Å². The zero-order valence-electron chi connectivity index (χ0n) is 13.0. The van der Waals surface area contributed by atoms with E-state index >= 15 is 0 Å². The Labute approximate surface area is 131 Å². The Bertz CT molecular complexity index is 505. The number of ether oxygens (including phenoxy) is 1. The average Bonchev–Trinajstić information content (AvgIpc) is 2.54. The number of rotatable bonds is 6. The van der Waals surface area contributed by atoms with Gasteiger partial charge >= 0.3 is 5.97 Å². The summed E-state index contributed by atoms with van der Waals surface area (Å²) in [5.41, 5.74) is 6.87. The van der Waals surface area contributed by atoms with Crippen LogP contribution >= 0.6 is 0 Å². The fourth-order valence-electron chi connectivity index (χ4n) is 2.84. The summed E-state index contributed by atoms with van der Waals surface area (Å²) < 4.78 is 5.08. The van der Waals surface area contributed by atoms with Gasteiger partial charge in [-0.2, -0.15) is 0 Å². The van der Waals surface area contributed by atoms with Gasteiger partial charge in [-0.3, -0.25) is 9.59 Å². The molecule has 0 saturated heterocycles. The highest BCUT2D eigenvalue weighted by Crippen LogP contribution is 2.25. The standard InChI is InChI=1S/C17H24N2O3/c1-2-22-17(21)14-7-9-15(10-8-14)19-11-12-3-5-13(6-4-12)16(18)20/h3-6,14-15,19H,2,7-11H2,1H3,(H2,18,20). The van der Waals surface area contributed by atoms with Gasteiger partial charge in [-0.25, -0.2) is 0 Å². The SMILES string of the molecule is CCOC(=O)C1CCC(NCc2ccc(C(N)=O)cc2)CC1. The molecule has 0 atom stereocenters. The molecule has 0 heterocycles. The third-order valence-electron chi connectivity index (χ3n) is 4.18. The largest absolute Gasteiger partial charge is 0.466 e. The highest BCUT2D eigenvalue weighted by Gasteiger charge is 2.26. The van der Waals surface area contributed by atoms with Gasteiger partial charge in [0.05, 0.1) is 12.5 Å². The van der Waals surface area contributed by atoms with Gasteiger partial charge in [0.2, 0.25) is 5.91 Å². The molecular formula is C17H24N2O3. The van der Waals surface area contributed by atoms with Crippen LogP contribution in [0, 0.1) is 5.92 Å². The molecule has 1 aromatic rings. The normalized spacial score (nSPS) is 21.3. The maximum Gasteiger partial charge on any atom is 0.308 e. The summed E-state index contributed by atoms with van der Waals surface area (Å²) in [7, 11) is 0. The quantitative estimate of drug-likeness (QED) is 0.788. The molecule has 1 aliphatic carbocycles. The average molecular weight is 304 g/mol. The van der Waals surface area contributed by atoms with E-state index in [0.717, 1.165) is 37.8 Å². The van der Waals surface area contributed by atoms with Gasteiger partial charge in [0.1, 0.15) is 0 Å². The predicted molar refractivity (Wildman–Crippen MR) is 84.2 cm³/mol. The van der Waals surface area contributed by atoms with Crippen molar-refractivity contribution in [2.24, 2.45) is 11.7 Å². The first kappa shape index (κ1) is 16.5. The number of amides is 1. The molecule has 1 aromatic carbocycles. The van der Waals surface area contributed by atoms with Crippen molar-refractivity contribution in [3.05, 3.63) is 35.4 Å². The van der Waals surface area contributed by atoms with Crippen LogP contribution in [-0.2, 0) is 16.1 Å². The molecule has 2 rings (SSSR count). The molecule has 22 heavy (non-hydrogen) atoms. The maximum absolute atomic E-state index is 11.7. The number of esters is 1. The minimum atomic E-state index is -0.406. The third kappa shape index (κ3) is 4.56. The molecule has 0 unspecified atom stereocenters. The van der Waals surface area contributed by atoms with Crippen LogP contribution in [0.15, 0.2) is 24.3 Å². The molecule has 0 aliphatic heterocycles. The van der Waals surface area contributed by atoms with E-state index in [1.165, 1.54) is 0 Å². The number of carbonyl (C=O) groups excluding carboxylic acids is 2. The molecule has 0 aromatic heterocycles. The zero-order valence-corrected chi connectivity index (χ0v) is 13.0. The van der Waals surface area contributed by atoms with E-state index in [2.05, 4.69) is 5.32 Å². The van der Waals surface area contributed by atoms with Crippen LogP contribution in [0.25, 0.3) is 0 Å². The topological polar surface area (TPSA) is 81.4 Å².